The minimum absolute atomic E-state index is 0.260. The van der Waals surface area contributed by atoms with Gasteiger partial charge in [0.2, 0.25) is 12.3 Å². The predicted octanol–water partition coefficient (Wildman–Crippen LogP) is 5.65. The van der Waals surface area contributed by atoms with E-state index in [1.807, 2.05) is 21.1 Å². The fourth-order valence-corrected chi connectivity index (χ4v) is 2.65. The van der Waals surface area contributed by atoms with E-state index in [0.717, 1.165) is 32.2 Å². The number of hydrogen-bond donors (Lipinski definition) is 0. The molecule has 0 bridgehead atoms. The SMILES string of the molecule is CCCCCCCCC(=O)N(C)C.CCCCCCCCCN(C)C=O. The first-order chi connectivity index (χ1) is 12.5. The Labute approximate surface area is 163 Å². The molecule has 0 saturated carbocycles. The van der Waals surface area contributed by atoms with Crippen molar-refractivity contribution in [3.63, 3.8) is 0 Å². The Hall–Kier alpha value is -1.06. The van der Waals surface area contributed by atoms with E-state index in [0.29, 0.717) is 0 Å². The molecule has 2 amide bonds. The van der Waals surface area contributed by atoms with E-state index in [4.69, 9.17) is 0 Å². The van der Waals surface area contributed by atoms with Crippen LogP contribution in [0.3, 0.4) is 0 Å². The summed E-state index contributed by atoms with van der Waals surface area (Å²) in [6.45, 7) is 5.37. The van der Waals surface area contributed by atoms with Gasteiger partial charge in [0, 0.05) is 34.1 Å². The number of amides is 2. The normalized spacial score (nSPS) is 10.0. The molecule has 4 heteroatoms. The lowest BCUT2D eigenvalue weighted by Gasteiger charge is -2.09. The van der Waals surface area contributed by atoms with Crippen molar-refractivity contribution in [3.8, 4) is 0 Å². The highest BCUT2D eigenvalue weighted by Crippen LogP contribution is 2.07. The first kappa shape index (κ1) is 27.2. The lowest BCUT2D eigenvalue weighted by atomic mass is 10.1. The highest BCUT2D eigenvalue weighted by Gasteiger charge is 2.02. The third-order valence-electron chi connectivity index (χ3n) is 4.54. The van der Waals surface area contributed by atoms with Gasteiger partial charge in [0.1, 0.15) is 0 Å². The van der Waals surface area contributed by atoms with E-state index in [1.54, 1.807) is 9.80 Å². The van der Waals surface area contributed by atoms with Crippen molar-refractivity contribution in [2.24, 2.45) is 0 Å². The van der Waals surface area contributed by atoms with Gasteiger partial charge in [-0.3, -0.25) is 9.59 Å². The Bertz CT molecular complexity index is 307. The minimum atomic E-state index is 0.260. The smallest absolute Gasteiger partial charge is 0.222 e. The van der Waals surface area contributed by atoms with E-state index in [1.165, 1.54) is 70.6 Å². The summed E-state index contributed by atoms with van der Waals surface area (Å²) in [6.07, 6.45) is 18.3. The lowest BCUT2D eigenvalue weighted by Crippen LogP contribution is -2.20. The van der Waals surface area contributed by atoms with Crippen molar-refractivity contribution in [2.45, 2.75) is 104 Å². The van der Waals surface area contributed by atoms with Crippen molar-refractivity contribution in [1.82, 2.24) is 9.80 Å². The monoisotopic (exact) mass is 370 g/mol. The molecule has 156 valence electrons. The van der Waals surface area contributed by atoms with Crippen LogP contribution < -0.4 is 0 Å². The molecule has 0 rings (SSSR count). The second-order valence-electron chi connectivity index (χ2n) is 7.51. The van der Waals surface area contributed by atoms with Crippen molar-refractivity contribution in [2.75, 3.05) is 27.7 Å². The van der Waals surface area contributed by atoms with Crippen LogP contribution in [-0.2, 0) is 9.59 Å². The Morgan fingerprint density at radius 2 is 1.12 bits per heavy atom. The third-order valence-corrected chi connectivity index (χ3v) is 4.54. The summed E-state index contributed by atoms with van der Waals surface area (Å²) in [6, 6.07) is 0. The van der Waals surface area contributed by atoms with Gasteiger partial charge >= 0.3 is 0 Å². The Morgan fingerprint density at radius 1 is 0.692 bits per heavy atom. The van der Waals surface area contributed by atoms with Crippen molar-refractivity contribution >= 4 is 12.3 Å². The zero-order valence-corrected chi connectivity index (χ0v) is 18.4. The van der Waals surface area contributed by atoms with Crippen LogP contribution in [0, 0.1) is 0 Å². The van der Waals surface area contributed by atoms with Crippen molar-refractivity contribution in [3.05, 3.63) is 0 Å². The van der Waals surface area contributed by atoms with Gasteiger partial charge in [-0.1, -0.05) is 84.5 Å². The Morgan fingerprint density at radius 3 is 1.54 bits per heavy atom. The summed E-state index contributed by atoms with van der Waals surface area (Å²) >= 11 is 0. The van der Waals surface area contributed by atoms with E-state index < -0.39 is 0 Å². The predicted molar refractivity (Wildman–Crippen MR) is 113 cm³/mol. The molecule has 0 aliphatic heterocycles. The summed E-state index contributed by atoms with van der Waals surface area (Å²) in [5, 5.41) is 0. The van der Waals surface area contributed by atoms with Gasteiger partial charge in [0.15, 0.2) is 0 Å². The molecule has 0 aromatic carbocycles. The van der Waals surface area contributed by atoms with Gasteiger partial charge in [-0.2, -0.15) is 0 Å². The van der Waals surface area contributed by atoms with Gasteiger partial charge in [-0.05, 0) is 12.8 Å². The molecule has 0 aliphatic carbocycles. The zero-order chi connectivity index (χ0) is 20.0. The van der Waals surface area contributed by atoms with Crippen LogP contribution in [0.1, 0.15) is 104 Å². The molecule has 0 fully saturated rings. The largest absolute Gasteiger partial charge is 0.349 e. The number of rotatable bonds is 16. The molecule has 0 unspecified atom stereocenters. The number of unbranched alkanes of at least 4 members (excludes halogenated alkanes) is 11. The summed E-state index contributed by atoms with van der Waals surface area (Å²) in [5.41, 5.74) is 0. The highest BCUT2D eigenvalue weighted by molar-refractivity contribution is 5.75. The molecule has 0 N–H and O–H groups in total. The van der Waals surface area contributed by atoms with Gasteiger partial charge in [-0.15, -0.1) is 0 Å². The molecule has 26 heavy (non-hydrogen) atoms. The van der Waals surface area contributed by atoms with E-state index in [-0.39, 0.29) is 5.91 Å². The zero-order valence-electron chi connectivity index (χ0n) is 18.4. The van der Waals surface area contributed by atoms with Crippen LogP contribution in [0.5, 0.6) is 0 Å². The second kappa shape index (κ2) is 22.0. The molecule has 0 aromatic heterocycles. The fourth-order valence-electron chi connectivity index (χ4n) is 2.65. The number of hydrogen-bond acceptors (Lipinski definition) is 2. The van der Waals surface area contributed by atoms with Gasteiger partial charge in [-0.25, -0.2) is 0 Å². The van der Waals surface area contributed by atoms with E-state index in [2.05, 4.69) is 13.8 Å². The highest BCUT2D eigenvalue weighted by atomic mass is 16.2. The molecular weight excluding hydrogens is 324 g/mol. The maximum Gasteiger partial charge on any atom is 0.222 e. The molecule has 0 aromatic rings. The van der Waals surface area contributed by atoms with Crippen LogP contribution in [0.4, 0.5) is 0 Å². The molecule has 0 saturated heterocycles. The third kappa shape index (κ3) is 22.9. The number of carbonyl (C=O) groups excluding carboxylic acids is 2. The van der Waals surface area contributed by atoms with Crippen LogP contribution in [0.2, 0.25) is 0 Å². The number of carbonyl (C=O) groups is 2. The molecular formula is C22H46N2O2. The maximum absolute atomic E-state index is 11.2. The quantitative estimate of drug-likeness (QED) is 0.260. The first-order valence-electron chi connectivity index (χ1n) is 10.8. The first-order valence-corrected chi connectivity index (χ1v) is 10.8. The maximum atomic E-state index is 11.2. The fraction of sp³-hybridized carbons (Fsp3) is 0.909. The molecule has 0 spiro atoms. The average molecular weight is 371 g/mol. The number of nitrogens with zero attached hydrogens (tertiary/aromatic N) is 2. The minimum Gasteiger partial charge on any atom is -0.349 e. The molecule has 0 aliphatic rings. The topological polar surface area (TPSA) is 40.6 Å². The molecule has 0 radical (unpaired) electrons. The average Bonchev–Trinajstić information content (AvgIpc) is 2.63. The van der Waals surface area contributed by atoms with Gasteiger partial charge in [0.05, 0.1) is 0 Å². The molecule has 4 nitrogen and oxygen atoms in total. The van der Waals surface area contributed by atoms with Crippen LogP contribution in [0.15, 0.2) is 0 Å². The summed E-state index contributed by atoms with van der Waals surface area (Å²) in [7, 11) is 5.48. The second-order valence-corrected chi connectivity index (χ2v) is 7.51. The standard InChI is InChI=1S/2C11H23NO/c1-4-5-6-7-8-9-10-11(13)12(2)3;1-3-4-5-6-7-8-9-10-12(2)11-13/h4-10H2,1-3H3;11H,3-10H2,1-2H3. The Kier molecular flexibility index (Phi) is 23.0. The lowest BCUT2D eigenvalue weighted by molar-refractivity contribution is -0.128. The van der Waals surface area contributed by atoms with Crippen LogP contribution >= 0.6 is 0 Å². The van der Waals surface area contributed by atoms with Gasteiger partial charge in [0.25, 0.3) is 0 Å². The van der Waals surface area contributed by atoms with E-state index >= 15 is 0 Å². The van der Waals surface area contributed by atoms with Crippen LogP contribution in [-0.4, -0.2) is 49.8 Å². The van der Waals surface area contributed by atoms with E-state index in [9.17, 15) is 9.59 Å². The molecule has 0 heterocycles. The van der Waals surface area contributed by atoms with Crippen molar-refractivity contribution in [1.29, 1.82) is 0 Å². The Balaban J connectivity index is 0. The summed E-state index contributed by atoms with van der Waals surface area (Å²) < 4.78 is 0. The summed E-state index contributed by atoms with van der Waals surface area (Å²) in [4.78, 5) is 24.8. The summed E-state index contributed by atoms with van der Waals surface area (Å²) in [5.74, 6) is 0.260. The molecule has 0 atom stereocenters. The van der Waals surface area contributed by atoms with Crippen molar-refractivity contribution < 1.29 is 9.59 Å². The van der Waals surface area contributed by atoms with Gasteiger partial charge < -0.3 is 9.80 Å². The van der Waals surface area contributed by atoms with Crippen LogP contribution in [0.25, 0.3) is 0 Å².